The molecular weight excluding hydrogens is 258 g/mol. The highest BCUT2D eigenvalue weighted by molar-refractivity contribution is 5.86. The number of nitrogens with zero attached hydrogens (tertiary/aromatic N) is 1. The fourth-order valence-electron chi connectivity index (χ4n) is 1.55. The minimum absolute atomic E-state index is 0.111. The Balaban J connectivity index is 2.35. The highest BCUT2D eigenvalue weighted by atomic mass is 16.5. The van der Waals surface area contributed by atoms with E-state index in [4.69, 9.17) is 9.84 Å². The largest absolute Gasteiger partial charge is 0.480 e. The summed E-state index contributed by atoms with van der Waals surface area (Å²) < 4.78 is 5.31. The maximum atomic E-state index is 11.8. The van der Waals surface area contributed by atoms with Crippen molar-refractivity contribution in [3.05, 3.63) is 35.9 Å². The second kappa shape index (κ2) is 7.05. The quantitative estimate of drug-likeness (QED) is 0.769. The normalized spacial score (nSPS) is 11.2. The molecule has 110 valence electrons. The van der Waals surface area contributed by atoms with Gasteiger partial charge >= 0.3 is 5.97 Å². The monoisotopic (exact) mass is 279 g/mol. The second-order valence-corrected chi connectivity index (χ2v) is 5.11. The Morgan fingerprint density at radius 3 is 2.40 bits per heavy atom. The summed E-state index contributed by atoms with van der Waals surface area (Å²) in [4.78, 5) is 24.1. The zero-order chi connectivity index (χ0) is 15.2. The first-order chi connectivity index (χ1) is 9.35. The number of hydrogen-bond acceptors (Lipinski definition) is 3. The van der Waals surface area contributed by atoms with Gasteiger partial charge in [-0.15, -0.1) is 0 Å². The van der Waals surface area contributed by atoms with Crippen molar-refractivity contribution >= 4 is 11.9 Å². The molecule has 1 aromatic rings. The first-order valence-corrected chi connectivity index (χ1v) is 6.47. The van der Waals surface area contributed by atoms with Crippen LogP contribution in [0.1, 0.15) is 19.4 Å². The number of aliphatic carboxylic acids is 1. The Kier molecular flexibility index (Phi) is 5.70. The lowest BCUT2D eigenvalue weighted by atomic mass is 10.0. The molecule has 0 heterocycles. The third-order valence-electron chi connectivity index (χ3n) is 3.34. The highest BCUT2D eigenvalue weighted by Gasteiger charge is 2.34. The van der Waals surface area contributed by atoms with E-state index < -0.39 is 11.5 Å². The summed E-state index contributed by atoms with van der Waals surface area (Å²) in [6.07, 6.45) is 0.722. The Hall–Kier alpha value is -1.88. The van der Waals surface area contributed by atoms with Crippen molar-refractivity contribution in [1.29, 1.82) is 0 Å². The van der Waals surface area contributed by atoms with Crippen LogP contribution in [0.5, 0.6) is 0 Å². The molecule has 0 aliphatic carbocycles. The van der Waals surface area contributed by atoms with Crippen molar-refractivity contribution in [3.8, 4) is 0 Å². The van der Waals surface area contributed by atoms with E-state index in [1.165, 1.54) is 25.8 Å². The van der Waals surface area contributed by atoms with Crippen molar-refractivity contribution in [2.24, 2.45) is 0 Å². The molecule has 5 nitrogen and oxygen atoms in total. The van der Waals surface area contributed by atoms with Gasteiger partial charge in [-0.1, -0.05) is 30.3 Å². The van der Waals surface area contributed by atoms with E-state index in [9.17, 15) is 9.59 Å². The minimum Gasteiger partial charge on any atom is -0.480 e. The van der Waals surface area contributed by atoms with Crippen LogP contribution in [-0.2, 0) is 20.7 Å². The molecule has 1 N–H and O–H groups in total. The number of likely N-dealkylation sites (N-methyl/N-ethyl adjacent to an activating group) is 1. The number of ether oxygens (including phenoxy) is 1. The summed E-state index contributed by atoms with van der Waals surface area (Å²) in [6.45, 7) is 3.28. The average Bonchev–Trinajstić information content (AvgIpc) is 2.43. The standard InChI is InChI=1S/C15H21NO4/c1-15(2,14(18)19)16(3)13(17)11-20-10-9-12-7-5-4-6-8-12/h4-8H,9-11H2,1-3H3,(H,18,19). The maximum absolute atomic E-state index is 11.8. The third-order valence-corrected chi connectivity index (χ3v) is 3.34. The van der Waals surface area contributed by atoms with Crippen molar-refractivity contribution < 1.29 is 19.4 Å². The van der Waals surface area contributed by atoms with Crippen LogP contribution in [0.2, 0.25) is 0 Å². The van der Waals surface area contributed by atoms with Crippen LogP contribution in [0.15, 0.2) is 30.3 Å². The molecule has 0 saturated heterocycles. The molecule has 20 heavy (non-hydrogen) atoms. The summed E-state index contributed by atoms with van der Waals surface area (Å²) in [5.74, 6) is -1.39. The number of rotatable bonds is 7. The van der Waals surface area contributed by atoms with Gasteiger partial charge in [-0.25, -0.2) is 4.79 Å². The fourth-order valence-corrected chi connectivity index (χ4v) is 1.55. The fraction of sp³-hybridized carbons (Fsp3) is 0.467. The number of hydrogen-bond donors (Lipinski definition) is 1. The van der Waals surface area contributed by atoms with Gasteiger partial charge in [-0.3, -0.25) is 4.79 Å². The van der Waals surface area contributed by atoms with Gasteiger partial charge in [-0.2, -0.15) is 0 Å². The molecule has 0 spiro atoms. The maximum Gasteiger partial charge on any atom is 0.329 e. The molecule has 1 aromatic carbocycles. The van der Waals surface area contributed by atoms with Crippen LogP contribution in [-0.4, -0.2) is 47.7 Å². The average molecular weight is 279 g/mol. The van der Waals surface area contributed by atoms with Gasteiger partial charge < -0.3 is 14.7 Å². The molecule has 5 heteroatoms. The molecule has 1 amide bonds. The molecule has 0 aromatic heterocycles. The number of carboxylic acid groups (broad SMARTS) is 1. The van der Waals surface area contributed by atoms with Crippen LogP contribution >= 0.6 is 0 Å². The van der Waals surface area contributed by atoms with E-state index in [0.717, 1.165) is 12.0 Å². The van der Waals surface area contributed by atoms with Crippen LogP contribution < -0.4 is 0 Å². The van der Waals surface area contributed by atoms with Gasteiger partial charge in [-0.05, 0) is 25.8 Å². The van der Waals surface area contributed by atoms with Crippen molar-refractivity contribution in [1.82, 2.24) is 4.90 Å². The number of carbonyl (C=O) groups excluding carboxylic acids is 1. The summed E-state index contributed by atoms with van der Waals surface area (Å²) in [6, 6.07) is 9.82. The van der Waals surface area contributed by atoms with Gasteiger partial charge in [0.15, 0.2) is 0 Å². The van der Waals surface area contributed by atoms with Crippen molar-refractivity contribution in [3.63, 3.8) is 0 Å². The first-order valence-electron chi connectivity index (χ1n) is 6.47. The number of carbonyl (C=O) groups is 2. The lowest BCUT2D eigenvalue weighted by Crippen LogP contribution is -2.51. The number of amides is 1. The zero-order valence-electron chi connectivity index (χ0n) is 12.1. The molecule has 0 fully saturated rings. The second-order valence-electron chi connectivity index (χ2n) is 5.11. The van der Waals surface area contributed by atoms with E-state index in [0.29, 0.717) is 6.61 Å². The Labute approximate surface area is 119 Å². The van der Waals surface area contributed by atoms with Gasteiger partial charge in [0.25, 0.3) is 0 Å². The van der Waals surface area contributed by atoms with E-state index in [1.54, 1.807) is 0 Å². The number of benzene rings is 1. The highest BCUT2D eigenvalue weighted by Crippen LogP contribution is 2.12. The minimum atomic E-state index is -1.24. The Bertz CT molecular complexity index is 456. The molecule has 0 saturated carbocycles. The van der Waals surface area contributed by atoms with Crippen LogP contribution in [0.25, 0.3) is 0 Å². The van der Waals surface area contributed by atoms with Crippen LogP contribution in [0, 0.1) is 0 Å². The van der Waals surface area contributed by atoms with E-state index in [-0.39, 0.29) is 12.5 Å². The summed E-state index contributed by atoms with van der Waals surface area (Å²) in [5.41, 5.74) is -0.0981. The van der Waals surface area contributed by atoms with Crippen LogP contribution in [0.3, 0.4) is 0 Å². The zero-order valence-corrected chi connectivity index (χ0v) is 12.1. The lowest BCUT2D eigenvalue weighted by Gasteiger charge is -2.31. The molecule has 0 unspecified atom stereocenters. The van der Waals surface area contributed by atoms with E-state index in [2.05, 4.69) is 0 Å². The predicted octanol–water partition coefficient (Wildman–Crippen LogP) is 1.57. The van der Waals surface area contributed by atoms with Gasteiger partial charge in [0.2, 0.25) is 5.91 Å². The summed E-state index contributed by atoms with van der Waals surface area (Å²) >= 11 is 0. The Morgan fingerprint density at radius 2 is 1.85 bits per heavy atom. The van der Waals surface area contributed by atoms with Crippen molar-refractivity contribution in [2.45, 2.75) is 25.8 Å². The van der Waals surface area contributed by atoms with E-state index in [1.807, 2.05) is 30.3 Å². The summed E-state index contributed by atoms with van der Waals surface area (Å²) in [7, 11) is 1.47. The predicted molar refractivity (Wildman–Crippen MR) is 75.4 cm³/mol. The third kappa shape index (κ3) is 4.35. The van der Waals surface area contributed by atoms with Crippen LogP contribution in [0.4, 0.5) is 0 Å². The van der Waals surface area contributed by atoms with Crippen molar-refractivity contribution in [2.75, 3.05) is 20.3 Å². The first kappa shape index (κ1) is 16.2. The molecular formula is C15H21NO4. The molecule has 1 rings (SSSR count). The van der Waals surface area contributed by atoms with E-state index >= 15 is 0 Å². The van der Waals surface area contributed by atoms with Gasteiger partial charge in [0, 0.05) is 7.05 Å². The molecule has 0 aliphatic heterocycles. The summed E-state index contributed by atoms with van der Waals surface area (Å²) in [5, 5.41) is 9.05. The smallest absolute Gasteiger partial charge is 0.329 e. The molecule has 0 atom stereocenters. The molecule has 0 radical (unpaired) electrons. The molecule has 0 aliphatic rings. The van der Waals surface area contributed by atoms with Gasteiger partial charge in [0.05, 0.1) is 6.61 Å². The number of carboxylic acids is 1. The van der Waals surface area contributed by atoms with Gasteiger partial charge in [0.1, 0.15) is 12.1 Å². The lowest BCUT2D eigenvalue weighted by molar-refractivity contribution is -0.157. The molecule has 0 bridgehead atoms. The Morgan fingerprint density at radius 1 is 1.25 bits per heavy atom. The topological polar surface area (TPSA) is 66.8 Å². The SMILES string of the molecule is CN(C(=O)COCCc1ccccc1)C(C)(C)C(=O)O.